The van der Waals surface area contributed by atoms with Crippen LogP contribution >= 0.6 is 31.9 Å². The van der Waals surface area contributed by atoms with Crippen LogP contribution in [-0.2, 0) is 0 Å². The summed E-state index contributed by atoms with van der Waals surface area (Å²) in [7, 11) is 0. The molecule has 0 spiro atoms. The normalized spacial score (nSPS) is 11.2. The molecule has 0 N–H and O–H groups in total. The Hall–Kier alpha value is -1.54. The smallest absolute Gasteiger partial charge is 0.189 e. The Balaban J connectivity index is 2.15. The van der Waals surface area contributed by atoms with Crippen LogP contribution in [0.4, 0.5) is 5.82 Å². The number of halogens is 2. The van der Waals surface area contributed by atoms with Crippen LogP contribution in [0.3, 0.4) is 0 Å². The maximum atomic E-state index is 4.65. The van der Waals surface area contributed by atoms with Gasteiger partial charge in [0.2, 0.25) is 0 Å². The molecule has 0 fully saturated rings. The van der Waals surface area contributed by atoms with Crippen molar-refractivity contribution in [3.8, 4) is 5.69 Å². The molecule has 0 aliphatic carbocycles. The first-order valence-electron chi connectivity index (χ1n) is 8.35. The minimum absolute atomic E-state index is 0.717. The highest BCUT2D eigenvalue weighted by Gasteiger charge is 2.19. The molecular formula is C17H20Br2N6. The zero-order chi connectivity index (χ0) is 18.0. The number of unbranched alkanes of at least 4 members (excludes halogenated alkanes) is 1. The summed E-state index contributed by atoms with van der Waals surface area (Å²) in [6.45, 7) is 8.06. The van der Waals surface area contributed by atoms with Gasteiger partial charge in [-0.05, 0) is 54.4 Å². The average Bonchev–Trinajstić information content (AvgIpc) is 2.99. The molecule has 0 atom stereocenters. The van der Waals surface area contributed by atoms with Gasteiger partial charge in [-0.15, -0.1) is 5.10 Å². The van der Waals surface area contributed by atoms with Crippen LogP contribution < -0.4 is 4.90 Å². The topological polar surface area (TPSA) is 59.7 Å². The Labute approximate surface area is 163 Å². The van der Waals surface area contributed by atoms with E-state index in [2.05, 4.69) is 70.9 Å². The van der Waals surface area contributed by atoms with Gasteiger partial charge in [-0.2, -0.15) is 4.68 Å². The molecule has 2 heterocycles. The number of aryl methyl sites for hydroxylation is 1. The molecule has 25 heavy (non-hydrogen) atoms. The number of hydrogen-bond donors (Lipinski definition) is 0. The van der Waals surface area contributed by atoms with Crippen LogP contribution in [-0.4, -0.2) is 38.1 Å². The van der Waals surface area contributed by atoms with Crippen LogP contribution in [0.25, 0.3) is 16.9 Å². The van der Waals surface area contributed by atoms with E-state index < -0.39 is 0 Å². The summed E-state index contributed by atoms with van der Waals surface area (Å²) in [6, 6.07) is 5.94. The molecule has 1 aromatic carbocycles. The molecule has 3 aromatic rings. The first kappa shape index (κ1) is 18.3. The second kappa shape index (κ2) is 7.78. The number of hydrogen-bond acceptors (Lipinski definition) is 5. The van der Waals surface area contributed by atoms with Gasteiger partial charge in [0, 0.05) is 22.0 Å². The zero-order valence-corrected chi connectivity index (χ0v) is 17.7. The predicted octanol–water partition coefficient (Wildman–Crippen LogP) is 4.67. The highest BCUT2D eigenvalue weighted by atomic mass is 79.9. The summed E-state index contributed by atoms with van der Waals surface area (Å²) in [5.41, 5.74) is 2.35. The van der Waals surface area contributed by atoms with Crippen LogP contribution in [0.5, 0.6) is 0 Å². The Morgan fingerprint density at radius 2 is 1.96 bits per heavy atom. The first-order chi connectivity index (χ1) is 12.0. The third-order valence-corrected chi connectivity index (χ3v) is 5.12. The van der Waals surface area contributed by atoms with Gasteiger partial charge in [0.25, 0.3) is 0 Å². The lowest BCUT2D eigenvalue weighted by Crippen LogP contribution is -2.25. The lowest BCUT2D eigenvalue weighted by molar-refractivity contribution is 0.723. The lowest BCUT2D eigenvalue weighted by atomic mass is 10.3. The molecule has 0 radical (unpaired) electrons. The van der Waals surface area contributed by atoms with Crippen molar-refractivity contribution in [3.63, 3.8) is 0 Å². The molecule has 0 amide bonds. The third kappa shape index (κ3) is 3.69. The molecule has 0 bridgehead atoms. The lowest BCUT2D eigenvalue weighted by Gasteiger charge is -2.21. The van der Waals surface area contributed by atoms with Crippen molar-refractivity contribution in [2.45, 2.75) is 33.6 Å². The minimum atomic E-state index is 0.717. The summed E-state index contributed by atoms with van der Waals surface area (Å²) in [4.78, 5) is 11.5. The van der Waals surface area contributed by atoms with E-state index in [0.717, 1.165) is 57.5 Å². The Bertz CT molecular complexity index is 892. The number of fused-ring (bicyclic) bond motifs is 1. The van der Waals surface area contributed by atoms with Crippen molar-refractivity contribution in [3.05, 3.63) is 33.0 Å². The van der Waals surface area contributed by atoms with E-state index in [1.54, 1.807) is 4.68 Å². The number of benzene rings is 1. The van der Waals surface area contributed by atoms with Gasteiger partial charge in [0.1, 0.15) is 5.82 Å². The molecule has 0 aliphatic rings. The number of aromatic nitrogens is 5. The standard InChI is InChI=1S/C17H20Br2N6/c1-4-6-9-24(5-2)16-15-17(21-11(3)20-16)25(23-22-15)14-8-7-12(18)10-13(14)19/h7-8,10H,4-6,9H2,1-3H3. The van der Waals surface area contributed by atoms with Crippen molar-refractivity contribution in [1.82, 2.24) is 25.0 Å². The van der Waals surface area contributed by atoms with Gasteiger partial charge in [-0.1, -0.05) is 34.5 Å². The monoisotopic (exact) mass is 466 g/mol. The highest BCUT2D eigenvalue weighted by Crippen LogP contribution is 2.29. The second-order valence-corrected chi connectivity index (χ2v) is 7.57. The maximum absolute atomic E-state index is 4.65. The van der Waals surface area contributed by atoms with Gasteiger partial charge >= 0.3 is 0 Å². The summed E-state index contributed by atoms with van der Waals surface area (Å²) < 4.78 is 3.68. The van der Waals surface area contributed by atoms with Gasteiger partial charge in [0.05, 0.1) is 5.69 Å². The van der Waals surface area contributed by atoms with Gasteiger partial charge in [-0.25, -0.2) is 9.97 Å². The molecule has 8 heteroatoms. The molecule has 6 nitrogen and oxygen atoms in total. The molecule has 0 unspecified atom stereocenters. The Kier molecular flexibility index (Phi) is 5.68. The highest BCUT2D eigenvalue weighted by molar-refractivity contribution is 9.11. The van der Waals surface area contributed by atoms with E-state index in [0.29, 0.717) is 5.82 Å². The molecule has 132 valence electrons. The number of rotatable bonds is 6. The molecule has 0 aliphatic heterocycles. The van der Waals surface area contributed by atoms with Crippen molar-refractivity contribution in [2.75, 3.05) is 18.0 Å². The molecule has 0 saturated heterocycles. The average molecular weight is 468 g/mol. The number of anilines is 1. The van der Waals surface area contributed by atoms with Gasteiger partial charge in [0.15, 0.2) is 17.0 Å². The minimum Gasteiger partial charge on any atom is -0.355 e. The fourth-order valence-corrected chi connectivity index (χ4v) is 3.92. The molecule has 0 saturated carbocycles. The molecule has 3 rings (SSSR count). The Morgan fingerprint density at radius 3 is 2.64 bits per heavy atom. The van der Waals surface area contributed by atoms with E-state index in [-0.39, 0.29) is 0 Å². The largest absolute Gasteiger partial charge is 0.355 e. The fourth-order valence-electron chi connectivity index (χ4n) is 2.70. The summed E-state index contributed by atoms with van der Waals surface area (Å²) in [5.74, 6) is 1.58. The second-order valence-electron chi connectivity index (χ2n) is 5.80. The van der Waals surface area contributed by atoms with Gasteiger partial charge < -0.3 is 4.90 Å². The van der Waals surface area contributed by atoms with Crippen LogP contribution in [0.2, 0.25) is 0 Å². The van der Waals surface area contributed by atoms with E-state index in [1.807, 2.05) is 25.1 Å². The third-order valence-electron chi connectivity index (χ3n) is 3.99. The molecule has 2 aromatic heterocycles. The molecular weight excluding hydrogens is 448 g/mol. The van der Waals surface area contributed by atoms with Crippen molar-refractivity contribution >= 4 is 48.8 Å². The number of nitrogens with zero attached hydrogens (tertiary/aromatic N) is 6. The fraction of sp³-hybridized carbons (Fsp3) is 0.412. The van der Waals surface area contributed by atoms with E-state index >= 15 is 0 Å². The van der Waals surface area contributed by atoms with E-state index in [4.69, 9.17) is 0 Å². The van der Waals surface area contributed by atoms with E-state index in [1.165, 1.54) is 0 Å². The van der Waals surface area contributed by atoms with Crippen LogP contribution in [0.15, 0.2) is 27.1 Å². The predicted molar refractivity (Wildman–Crippen MR) is 107 cm³/mol. The first-order valence-corrected chi connectivity index (χ1v) is 9.94. The summed E-state index contributed by atoms with van der Waals surface area (Å²) >= 11 is 7.07. The van der Waals surface area contributed by atoms with Crippen molar-refractivity contribution in [1.29, 1.82) is 0 Å². The quantitative estimate of drug-likeness (QED) is 0.527. The summed E-state index contributed by atoms with van der Waals surface area (Å²) in [6.07, 6.45) is 2.26. The van der Waals surface area contributed by atoms with Crippen LogP contribution in [0.1, 0.15) is 32.5 Å². The van der Waals surface area contributed by atoms with Crippen molar-refractivity contribution in [2.24, 2.45) is 0 Å². The SMILES string of the molecule is CCCCN(CC)c1nc(C)nc2c1nnn2-c1ccc(Br)cc1Br. The summed E-state index contributed by atoms with van der Waals surface area (Å²) in [5, 5.41) is 8.74. The van der Waals surface area contributed by atoms with E-state index in [9.17, 15) is 0 Å². The van der Waals surface area contributed by atoms with Crippen LogP contribution in [0, 0.1) is 6.92 Å². The zero-order valence-electron chi connectivity index (χ0n) is 14.5. The maximum Gasteiger partial charge on any atom is 0.189 e. The Morgan fingerprint density at radius 1 is 1.16 bits per heavy atom. The van der Waals surface area contributed by atoms with Gasteiger partial charge in [-0.3, -0.25) is 0 Å². The van der Waals surface area contributed by atoms with Crippen molar-refractivity contribution < 1.29 is 0 Å².